The highest BCUT2D eigenvalue weighted by Gasteiger charge is 2.35. The number of carboxylic acid groups (broad SMARTS) is 2. The first kappa shape index (κ1) is 67.2. The molecule has 9 aromatic rings. The van der Waals surface area contributed by atoms with E-state index < -0.39 is 90.4 Å². The van der Waals surface area contributed by atoms with Gasteiger partial charge in [-0.15, -0.1) is 68.0 Å². The first-order valence-electron chi connectivity index (χ1n) is 29.5. The molecule has 33 heteroatoms. The van der Waals surface area contributed by atoms with Crippen molar-refractivity contribution < 1.29 is 63.1 Å². The van der Waals surface area contributed by atoms with Gasteiger partial charge in [-0.05, 0) is 67.9 Å². The van der Waals surface area contributed by atoms with Crippen molar-refractivity contribution in [1.82, 2.24) is 66.5 Å². The number of rotatable bonds is 14. The highest BCUT2D eigenvalue weighted by molar-refractivity contribution is 7.15. The zero-order valence-electron chi connectivity index (χ0n) is 51.2. The maximum absolute atomic E-state index is 14.5. The van der Waals surface area contributed by atoms with Gasteiger partial charge in [-0.1, -0.05) is 50.2 Å². The Kier molecular flexibility index (Phi) is 20.9. The fourth-order valence-corrected chi connectivity index (χ4v) is 16.0. The topological polar surface area (TPSA) is 382 Å². The molecular weight excluding hydrogens is 1340 g/mol. The molecule has 2 aliphatic rings. The van der Waals surface area contributed by atoms with Gasteiger partial charge in [0.05, 0.1) is 54.7 Å². The lowest BCUT2D eigenvalue weighted by Gasteiger charge is -2.28. The van der Waals surface area contributed by atoms with E-state index in [9.17, 15) is 53.7 Å². The summed E-state index contributed by atoms with van der Waals surface area (Å²) in [5.41, 5.74) is 2.50. The van der Waals surface area contributed by atoms with Crippen LogP contribution in [0.5, 0.6) is 0 Å². The molecule has 1 aliphatic heterocycles. The number of aliphatic hydroxyl groups is 1. The zero-order chi connectivity index (χ0) is 67.2. The van der Waals surface area contributed by atoms with E-state index >= 15 is 0 Å². The number of carboxylic acids is 2. The summed E-state index contributed by atoms with van der Waals surface area (Å²) in [5, 5.41) is 53.9. The Bertz CT molecular complexity index is 4350. The van der Waals surface area contributed by atoms with Crippen LogP contribution in [-0.4, -0.2) is 130 Å². The molecule has 1 fully saturated rings. The Morgan fingerprint density at radius 3 is 2.13 bits per heavy atom. The van der Waals surface area contributed by atoms with E-state index in [-0.39, 0.29) is 64.8 Å². The minimum Gasteiger partial charge on any atom is -0.481 e. The number of anilines is 1. The van der Waals surface area contributed by atoms with E-state index in [1.165, 1.54) is 48.7 Å². The van der Waals surface area contributed by atoms with E-state index in [0.29, 0.717) is 94.2 Å². The van der Waals surface area contributed by atoms with Crippen LogP contribution < -0.4 is 31.5 Å². The highest BCUT2D eigenvalue weighted by atomic mass is 32.1. The zero-order valence-corrected chi connectivity index (χ0v) is 56.1. The van der Waals surface area contributed by atoms with Gasteiger partial charge in [0.2, 0.25) is 11.8 Å². The SMILES string of the molecule is CNC(=O)C[C@@H]1NC(=O)c2csc(n2)-c2ccc(-c3nc(N(Cc4ccc(C(=O)O)nc4)C(=O)OC4CCC(C(=O)O)CC4)cs3)nc2-c2csc(n2)-c2csc(n2)[C@H]([C@@H](O)c2ccccc2)NC(=O)CNC(=O)c2nc(sc2COC)[C@H](C(C)C)NC(=O)c2nc1sc2C. The number of aromatic nitrogens is 8. The number of thiazole rings is 6. The van der Waals surface area contributed by atoms with Crippen molar-refractivity contribution >= 4 is 121 Å². The lowest BCUT2D eigenvalue weighted by Crippen LogP contribution is -2.40. The molecule has 8 N–H and O–H groups in total. The van der Waals surface area contributed by atoms with Crippen LogP contribution in [-0.2, 0) is 37.0 Å². The number of carbonyl (C=O) groups excluding carboxylic acids is 6. The van der Waals surface area contributed by atoms with Crippen molar-refractivity contribution in [3.8, 4) is 43.4 Å². The van der Waals surface area contributed by atoms with Gasteiger partial charge in [-0.3, -0.25) is 33.7 Å². The van der Waals surface area contributed by atoms with Gasteiger partial charge in [0.15, 0.2) is 0 Å². The molecule has 1 aliphatic carbocycles. The molecule has 0 saturated heterocycles. The number of benzene rings is 1. The van der Waals surface area contributed by atoms with E-state index in [2.05, 4.69) is 31.6 Å². The third-order valence-electron chi connectivity index (χ3n) is 15.4. The Labute approximate surface area is 565 Å². The van der Waals surface area contributed by atoms with Crippen LogP contribution in [0.2, 0.25) is 0 Å². The number of fused-ring (bicyclic) bond motifs is 14. The lowest BCUT2D eigenvalue weighted by molar-refractivity contribution is -0.143. The van der Waals surface area contributed by atoms with Crippen LogP contribution in [0.1, 0.15) is 148 Å². The number of nitrogens with zero attached hydrogens (tertiary/aromatic N) is 9. The molecule has 11 rings (SSSR count). The molecular formula is C62H60N14O13S6. The maximum Gasteiger partial charge on any atom is 0.416 e. The molecule has 0 unspecified atom stereocenters. The largest absolute Gasteiger partial charge is 0.481 e. The fraction of sp³-hybridized carbons (Fsp3) is 0.323. The number of hydrogen-bond acceptors (Lipinski definition) is 25. The number of aliphatic hydroxyl groups excluding tert-OH is 1. The van der Waals surface area contributed by atoms with E-state index in [1.807, 2.05) is 13.8 Å². The quantitative estimate of drug-likeness (QED) is 0.0502. The monoisotopic (exact) mass is 1400 g/mol. The predicted octanol–water partition coefficient (Wildman–Crippen LogP) is 9.19. The van der Waals surface area contributed by atoms with Crippen molar-refractivity contribution in [3.05, 3.63) is 141 Å². The summed E-state index contributed by atoms with van der Waals surface area (Å²) in [6.45, 7) is 4.74. The normalized spacial score (nSPS) is 18.2. The summed E-state index contributed by atoms with van der Waals surface area (Å²) < 4.78 is 11.4. The number of aliphatic carboxylic acids is 1. The van der Waals surface area contributed by atoms with Gasteiger partial charge >= 0.3 is 18.0 Å². The van der Waals surface area contributed by atoms with Crippen molar-refractivity contribution in [2.45, 2.75) is 96.4 Å². The molecule has 9 heterocycles. The first-order chi connectivity index (χ1) is 45.7. The van der Waals surface area contributed by atoms with Crippen LogP contribution in [0, 0.1) is 18.8 Å². The Morgan fingerprint density at radius 1 is 0.695 bits per heavy atom. The lowest BCUT2D eigenvalue weighted by atomic mass is 9.87. The molecule has 4 atom stereocenters. The van der Waals surface area contributed by atoms with Crippen molar-refractivity contribution in [3.63, 3.8) is 0 Å². The van der Waals surface area contributed by atoms with Gasteiger partial charge in [-0.2, -0.15) is 0 Å². The van der Waals surface area contributed by atoms with E-state index in [4.69, 9.17) is 44.4 Å². The van der Waals surface area contributed by atoms with Crippen LogP contribution in [0.3, 0.4) is 0 Å². The first-order valence-corrected chi connectivity index (χ1v) is 34.7. The van der Waals surface area contributed by atoms with Gasteiger partial charge in [0, 0.05) is 52.3 Å². The van der Waals surface area contributed by atoms with Gasteiger partial charge < -0.3 is 51.4 Å². The molecule has 6 amide bonds. The molecule has 10 bridgehead atoms. The third-order valence-corrected chi connectivity index (χ3v) is 21.1. The number of ether oxygens (including phenoxy) is 2. The molecule has 492 valence electrons. The highest BCUT2D eigenvalue weighted by Crippen LogP contribution is 2.41. The van der Waals surface area contributed by atoms with Gasteiger partial charge in [0.25, 0.3) is 17.7 Å². The number of hydrogen-bond donors (Lipinski definition) is 8. The van der Waals surface area contributed by atoms with Gasteiger partial charge in [0.1, 0.15) is 94.0 Å². The van der Waals surface area contributed by atoms with Crippen molar-refractivity contribution in [2.24, 2.45) is 11.8 Å². The van der Waals surface area contributed by atoms with Crippen molar-refractivity contribution in [1.29, 1.82) is 0 Å². The summed E-state index contributed by atoms with van der Waals surface area (Å²) in [6, 6.07) is 12.0. The average Bonchev–Trinajstić information content (AvgIpc) is 1.72. The minimum absolute atomic E-state index is 0.0182. The van der Waals surface area contributed by atoms with Gasteiger partial charge in [-0.25, -0.2) is 49.5 Å². The number of aromatic carboxylic acids is 1. The maximum atomic E-state index is 14.5. The predicted molar refractivity (Wildman–Crippen MR) is 354 cm³/mol. The van der Waals surface area contributed by atoms with Crippen LogP contribution in [0.15, 0.2) is 82.3 Å². The van der Waals surface area contributed by atoms with E-state index in [1.54, 1.807) is 70.9 Å². The molecule has 1 saturated carbocycles. The molecule has 1 aromatic carbocycles. The minimum atomic E-state index is -1.32. The Balaban J connectivity index is 0.980. The van der Waals surface area contributed by atoms with E-state index in [0.717, 1.165) is 56.7 Å². The number of aryl methyl sites for hydroxylation is 1. The number of methoxy groups -OCH3 is 1. The molecule has 0 spiro atoms. The number of pyridine rings is 2. The fourth-order valence-electron chi connectivity index (χ4n) is 10.4. The molecule has 27 nitrogen and oxygen atoms in total. The molecule has 0 radical (unpaired) electrons. The van der Waals surface area contributed by atoms with Crippen LogP contribution >= 0.6 is 68.0 Å². The standard InChI is InChI=1S/C62H60N14O13S6/c1-28(2)45-59-75-48(41(95-59)23-88-5)52(81)65-21-44(78)72-49(50(79)31-9-7-6-8-10-31)58-70-40(26-92-58)56-68-38(24-91-56)47-34(54-69-39(25-90-54)51(80)67-37(19-43(77)63-4)57-74-46(29(3)94-57)53(82)73-45)16-18-35(66-47)55-71-42(27-93-55)76(22-30-11-17-36(61(85)86)64-20-30)62(87)89-33-14-12-32(13-15-33)60(83)84/h6-11,16-18,20,24-28,32-33,37,45,49-50,79H,12-15,19,21-23H2,1-5H3,(H,63,77)(H,65,81)(H,67,80)(H,72,78)(H,73,82)(H,83,84)(H,85,86)/t32?,33?,37-,45-,49-,50-/m0/s1. The summed E-state index contributed by atoms with van der Waals surface area (Å²) in [6.07, 6.45) is -0.281. The summed E-state index contributed by atoms with van der Waals surface area (Å²) in [4.78, 5) is 148. The summed E-state index contributed by atoms with van der Waals surface area (Å²) in [7, 11) is 2.91. The molecule has 95 heavy (non-hydrogen) atoms. The van der Waals surface area contributed by atoms with Crippen molar-refractivity contribution in [2.75, 3.05) is 25.6 Å². The smallest absolute Gasteiger partial charge is 0.416 e. The third kappa shape index (κ3) is 15.5. The second kappa shape index (κ2) is 29.6. The Hall–Kier alpha value is -9.22. The average molecular weight is 1400 g/mol. The summed E-state index contributed by atoms with van der Waals surface area (Å²) in [5.74, 6) is -5.84. The number of carbonyl (C=O) groups is 8. The van der Waals surface area contributed by atoms with Crippen LogP contribution in [0.4, 0.5) is 10.6 Å². The number of nitrogens with one attached hydrogen (secondary N) is 5. The second-order valence-electron chi connectivity index (χ2n) is 22.3. The second-order valence-corrected chi connectivity index (χ2v) is 28.1. The van der Waals surface area contributed by atoms with Crippen LogP contribution in [0.25, 0.3) is 43.4 Å². The Morgan fingerprint density at radius 2 is 1.41 bits per heavy atom. The molecule has 8 aromatic heterocycles. The summed E-state index contributed by atoms with van der Waals surface area (Å²) >= 11 is 6.95. The number of amides is 6.